The molecule has 1 heterocycles. The van der Waals surface area contributed by atoms with Crippen molar-refractivity contribution in [2.45, 2.75) is 45.2 Å². The van der Waals surface area contributed by atoms with E-state index in [9.17, 15) is 5.21 Å². The zero-order valence-electron chi connectivity index (χ0n) is 14.7. The second-order valence-corrected chi connectivity index (χ2v) is 7.27. The summed E-state index contributed by atoms with van der Waals surface area (Å²) >= 11 is 6.16. The highest BCUT2D eigenvalue weighted by Gasteiger charge is 2.24. The molecule has 0 aliphatic heterocycles. The summed E-state index contributed by atoms with van der Waals surface area (Å²) in [6, 6.07) is 12.7. The summed E-state index contributed by atoms with van der Waals surface area (Å²) in [5, 5.41) is 14.3. The normalized spacial score (nSPS) is 21.4. The number of aromatic nitrogens is 1. The summed E-state index contributed by atoms with van der Waals surface area (Å²) in [6.45, 7) is 3.45. The van der Waals surface area contributed by atoms with Gasteiger partial charge in [-0.1, -0.05) is 54.8 Å². The number of pyridine rings is 1. The molecule has 0 radical (unpaired) electrons. The van der Waals surface area contributed by atoms with E-state index in [2.05, 4.69) is 34.6 Å². The van der Waals surface area contributed by atoms with Gasteiger partial charge in [-0.2, -0.15) is 4.73 Å². The highest BCUT2D eigenvalue weighted by Crippen LogP contribution is 2.25. The Kier molecular flexibility index (Phi) is 6.16. The topological polar surface area (TPSA) is 49.5 Å². The second-order valence-electron chi connectivity index (χ2n) is 6.87. The summed E-state index contributed by atoms with van der Waals surface area (Å²) in [5.74, 6) is 0.484. The molecule has 2 N–H and O–H groups in total. The van der Waals surface area contributed by atoms with Gasteiger partial charge in [-0.05, 0) is 36.8 Å². The van der Waals surface area contributed by atoms with Gasteiger partial charge in [-0.25, -0.2) is 0 Å². The molecule has 1 fully saturated rings. The minimum absolute atomic E-state index is 0.464. The molecule has 0 amide bonds. The van der Waals surface area contributed by atoms with Crippen LogP contribution in [-0.4, -0.2) is 22.5 Å². The summed E-state index contributed by atoms with van der Waals surface area (Å²) in [5.41, 5.74) is 2.66. The minimum Gasteiger partial charge on any atom is -0.427 e. The average molecular weight is 360 g/mol. The zero-order valence-corrected chi connectivity index (χ0v) is 15.4. The van der Waals surface area contributed by atoms with E-state index in [0.29, 0.717) is 29.0 Å². The Hall–Kier alpha value is -1.78. The van der Waals surface area contributed by atoms with E-state index in [0.717, 1.165) is 16.8 Å². The Labute approximate surface area is 154 Å². The molecule has 0 bridgehead atoms. The van der Waals surface area contributed by atoms with E-state index in [1.54, 1.807) is 12.3 Å². The van der Waals surface area contributed by atoms with Gasteiger partial charge in [0, 0.05) is 30.2 Å². The first kappa shape index (κ1) is 18.0. The summed E-state index contributed by atoms with van der Waals surface area (Å²) < 4.78 is 1.07. The second kappa shape index (κ2) is 8.54. The lowest BCUT2D eigenvalue weighted by Crippen LogP contribution is -2.40. The first-order chi connectivity index (χ1) is 12.1. The van der Waals surface area contributed by atoms with Gasteiger partial charge in [0.15, 0.2) is 5.49 Å². The van der Waals surface area contributed by atoms with Crippen LogP contribution in [-0.2, 0) is 6.54 Å². The lowest BCUT2D eigenvalue weighted by atomic mass is 9.84. The van der Waals surface area contributed by atoms with Crippen LogP contribution >= 0.6 is 11.6 Å². The van der Waals surface area contributed by atoms with Crippen LogP contribution in [0.5, 0.6) is 0 Å². The van der Waals surface area contributed by atoms with Crippen molar-refractivity contribution in [1.29, 1.82) is 0 Å². The Balaban J connectivity index is 1.67. The molecule has 25 heavy (non-hydrogen) atoms. The quantitative estimate of drug-likeness (QED) is 0.794. The van der Waals surface area contributed by atoms with Crippen molar-refractivity contribution in [3.05, 3.63) is 64.2 Å². The van der Waals surface area contributed by atoms with Crippen molar-refractivity contribution in [1.82, 2.24) is 10.0 Å². The van der Waals surface area contributed by atoms with Crippen LogP contribution in [0.4, 0.5) is 0 Å². The Morgan fingerprint density at radius 2 is 2.00 bits per heavy atom. The van der Waals surface area contributed by atoms with E-state index in [-0.39, 0.29) is 0 Å². The highest BCUT2D eigenvalue weighted by atomic mass is 35.5. The molecule has 5 heteroatoms. The van der Waals surface area contributed by atoms with Crippen molar-refractivity contribution < 1.29 is 5.21 Å². The van der Waals surface area contributed by atoms with Crippen LogP contribution in [0, 0.1) is 12.8 Å². The Morgan fingerprint density at radius 3 is 2.80 bits per heavy atom. The fourth-order valence-corrected chi connectivity index (χ4v) is 3.62. The predicted octanol–water partition coefficient (Wildman–Crippen LogP) is 3.94. The molecule has 1 aromatic carbocycles. The van der Waals surface area contributed by atoms with Gasteiger partial charge in [0.1, 0.15) is 0 Å². The minimum atomic E-state index is 0.464. The molecule has 2 atom stereocenters. The number of hydrogen-bond acceptors (Lipinski definition) is 3. The van der Waals surface area contributed by atoms with Crippen molar-refractivity contribution in [3.63, 3.8) is 0 Å². The largest absolute Gasteiger partial charge is 0.427 e. The third kappa shape index (κ3) is 4.86. The molecule has 4 nitrogen and oxygen atoms in total. The number of rotatable bonds is 5. The van der Waals surface area contributed by atoms with Gasteiger partial charge in [0.25, 0.3) is 0 Å². The number of hydrogen-bond donors (Lipinski definition) is 2. The maximum atomic E-state index is 10.0. The third-order valence-electron chi connectivity index (χ3n) is 4.99. The molecule has 1 saturated carbocycles. The van der Waals surface area contributed by atoms with E-state index >= 15 is 0 Å². The van der Waals surface area contributed by atoms with Gasteiger partial charge < -0.3 is 10.5 Å². The molecule has 134 valence electrons. The summed E-state index contributed by atoms with van der Waals surface area (Å²) in [6.07, 6.45) is 6.46. The van der Waals surface area contributed by atoms with Gasteiger partial charge in [-0.3, -0.25) is 4.99 Å². The number of halogens is 1. The molecular weight excluding hydrogens is 334 g/mol. The number of nitrogens with zero attached hydrogens (tertiary/aromatic N) is 2. The molecule has 2 unspecified atom stereocenters. The molecular formula is C20H26ClN3O. The first-order valence-corrected chi connectivity index (χ1v) is 9.37. The Bertz CT molecular complexity index is 757. The number of benzene rings is 1. The molecule has 0 spiro atoms. The summed E-state index contributed by atoms with van der Waals surface area (Å²) in [4.78, 5) is 4.63. The average Bonchev–Trinajstić information content (AvgIpc) is 2.63. The molecule has 3 rings (SSSR count). The molecule has 1 aliphatic carbocycles. The van der Waals surface area contributed by atoms with Crippen molar-refractivity contribution >= 4 is 11.6 Å². The standard InChI is InChI=1S/C20H26ClN3O/c1-15-14-24(25)20(11-18(15)21)23-13-17-9-5-6-10-19(17)22-12-16-7-3-2-4-8-16/h2-4,7-8,11,14,17,19,22,25H,5-6,9-10,12-13H2,1H3. The van der Waals surface area contributed by atoms with Crippen molar-refractivity contribution in [2.75, 3.05) is 6.54 Å². The monoisotopic (exact) mass is 359 g/mol. The first-order valence-electron chi connectivity index (χ1n) is 8.99. The van der Waals surface area contributed by atoms with E-state index in [4.69, 9.17) is 11.6 Å². The number of nitrogens with one attached hydrogen (secondary N) is 1. The van der Waals surface area contributed by atoms with Crippen LogP contribution in [0.3, 0.4) is 0 Å². The lowest BCUT2D eigenvalue weighted by molar-refractivity contribution is 0.169. The van der Waals surface area contributed by atoms with Crippen molar-refractivity contribution in [2.24, 2.45) is 10.9 Å². The number of aryl methyl sites for hydroxylation is 1. The lowest BCUT2D eigenvalue weighted by Gasteiger charge is -2.31. The van der Waals surface area contributed by atoms with Crippen LogP contribution in [0.1, 0.15) is 36.8 Å². The maximum Gasteiger partial charge on any atom is 0.164 e. The molecule has 0 saturated heterocycles. The SMILES string of the molecule is Cc1cn(O)c(=NCC2CCCCC2NCc2ccccc2)cc1Cl. The third-order valence-corrected chi connectivity index (χ3v) is 5.40. The van der Waals surface area contributed by atoms with Gasteiger partial charge in [0.05, 0.1) is 6.20 Å². The summed E-state index contributed by atoms with van der Waals surface area (Å²) in [7, 11) is 0. The van der Waals surface area contributed by atoms with Crippen LogP contribution in [0.15, 0.2) is 47.6 Å². The van der Waals surface area contributed by atoms with E-state index in [1.165, 1.54) is 31.2 Å². The molecule has 1 aromatic heterocycles. The van der Waals surface area contributed by atoms with Crippen LogP contribution < -0.4 is 10.8 Å². The van der Waals surface area contributed by atoms with Gasteiger partial charge in [-0.15, -0.1) is 0 Å². The Morgan fingerprint density at radius 1 is 1.24 bits per heavy atom. The highest BCUT2D eigenvalue weighted by molar-refractivity contribution is 6.31. The maximum absolute atomic E-state index is 10.0. The fourth-order valence-electron chi connectivity index (χ4n) is 3.47. The predicted molar refractivity (Wildman–Crippen MR) is 101 cm³/mol. The van der Waals surface area contributed by atoms with Crippen LogP contribution in [0.25, 0.3) is 0 Å². The van der Waals surface area contributed by atoms with Crippen molar-refractivity contribution in [3.8, 4) is 0 Å². The van der Waals surface area contributed by atoms with Crippen LogP contribution in [0.2, 0.25) is 5.02 Å². The molecule has 1 aliphatic rings. The zero-order chi connectivity index (χ0) is 17.6. The van der Waals surface area contributed by atoms with Gasteiger partial charge >= 0.3 is 0 Å². The van der Waals surface area contributed by atoms with E-state index < -0.39 is 0 Å². The van der Waals surface area contributed by atoms with Gasteiger partial charge in [0.2, 0.25) is 0 Å². The fraction of sp³-hybridized carbons (Fsp3) is 0.450. The molecule has 2 aromatic rings. The smallest absolute Gasteiger partial charge is 0.164 e. The van der Waals surface area contributed by atoms with E-state index in [1.807, 2.05) is 13.0 Å².